The molecule has 0 unspecified atom stereocenters. The molecule has 0 radical (unpaired) electrons. The third kappa shape index (κ3) is 2.34. The van der Waals surface area contributed by atoms with Crippen LogP contribution in [0, 0.1) is 0 Å². The first-order valence-corrected chi connectivity index (χ1v) is 5.65. The summed E-state index contributed by atoms with van der Waals surface area (Å²) >= 11 is 0. The molecule has 0 spiro atoms. The summed E-state index contributed by atoms with van der Waals surface area (Å²) in [6, 6.07) is 11.0. The normalized spacial score (nSPS) is 10.3. The van der Waals surface area contributed by atoms with Crippen molar-refractivity contribution in [2.75, 3.05) is 11.1 Å². The van der Waals surface area contributed by atoms with Crippen LogP contribution in [0.25, 0.3) is 5.82 Å². The van der Waals surface area contributed by atoms with Crippen molar-refractivity contribution in [3.63, 3.8) is 0 Å². The van der Waals surface area contributed by atoms with Crippen LogP contribution in [-0.4, -0.2) is 24.7 Å². The van der Waals surface area contributed by atoms with Gasteiger partial charge in [0.15, 0.2) is 5.82 Å². The quantitative estimate of drug-likeness (QED) is 0.732. The fraction of sp³-hybridized carbons (Fsp3) is 0. The first-order valence-electron chi connectivity index (χ1n) is 5.65. The highest BCUT2D eigenvalue weighted by atomic mass is 15.4. The lowest BCUT2D eigenvalue weighted by Crippen LogP contribution is -2.04. The van der Waals surface area contributed by atoms with E-state index in [0.717, 1.165) is 0 Å². The highest BCUT2D eigenvalue weighted by Crippen LogP contribution is 2.14. The third-order valence-corrected chi connectivity index (χ3v) is 2.40. The van der Waals surface area contributed by atoms with Crippen molar-refractivity contribution in [3.8, 4) is 5.82 Å². The van der Waals surface area contributed by atoms with Crippen LogP contribution in [0.2, 0.25) is 0 Å². The number of hydrogen-bond acceptors (Lipinski definition) is 6. The summed E-state index contributed by atoms with van der Waals surface area (Å²) in [5, 5.41) is 7.22. The monoisotopic (exact) mass is 253 g/mol. The number of hydrogen-bond donors (Lipinski definition) is 2. The zero-order valence-corrected chi connectivity index (χ0v) is 9.93. The van der Waals surface area contributed by atoms with Crippen molar-refractivity contribution >= 4 is 17.7 Å². The van der Waals surface area contributed by atoms with E-state index in [4.69, 9.17) is 5.73 Å². The van der Waals surface area contributed by atoms with Gasteiger partial charge < -0.3 is 11.1 Å². The van der Waals surface area contributed by atoms with Gasteiger partial charge in [-0.3, -0.25) is 0 Å². The molecular formula is C12H11N7. The SMILES string of the molecule is Nc1nc(Nc2ccccn2)nn1-c1ccccn1. The molecule has 0 aromatic carbocycles. The van der Waals surface area contributed by atoms with E-state index in [1.807, 2.05) is 30.3 Å². The average molecular weight is 253 g/mol. The van der Waals surface area contributed by atoms with Crippen LogP contribution in [0.3, 0.4) is 0 Å². The maximum Gasteiger partial charge on any atom is 0.250 e. The van der Waals surface area contributed by atoms with E-state index in [-0.39, 0.29) is 5.95 Å². The molecule has 3 N–H and O–H groups in total. The van der Waals surface area contributed by atoms with Crippen molar-refractivity contribution in [3.05, 3.63) is 48.8 Å². The van der Waals surface area contributed by atoms with E-state index in [9.17, 15) is 0 Å². The van der Waals surface area contributed by atoms with Gasteiger partial charge in [-0.15, -0.1) is 5.10 Å². The Labute approximate surface area is 109 Å². The zero-order chi connectivity index (χ0) is 13.1. The van der Waals surface area contributed by atoms with Gasteiger partial charge in [-0.05, 0) is 24.3 Å². The van der Waals surface area contributed by atoms with Gasteiger partial charge in [0, 0.05) is 12.4 Å². The molecule has 0 bridgehead atoms. The van der Waals surface area contributed by atoms with Crippen LogP contribution in [0.5, 0.6) is 0 Å². The molecule has 0 saturated heterocycles. The summed E-state index contributed by atoms with van der Waals surface area (Å²) < 4.78 is 1.46. The van der Waals surface area contributed by atoms with Crippen LogP contribution in [-0.2, 0) is 0 Å². The summed E-state index contributed by atoms with van der Waals surface area (Å²) in [6.45, 7) is 0. The van der Waals surface area contributed by atoms with Crippen molar-refractivity contribution in [2.24, 2.45) is 0 Å². The van der Waals surface area contributed by atoms with Gasteiger partial charge in [0.1, 0.15) is 5.82 Å². The molecule has 0 fully saturated rings. The van der Waals surface area contributed by atoms with E-state index in [1.54, 1.807) is 18.5 Å². The molecular weight excluding hydrogens is 242 g/mol. The van der Waals surface area contributed by atoms with Gasteiger partial charge in [-0.1, -0.05) is 12.1 Å². The molecule has 0 aliphatic carbocycles. The highest BCUT2D eigenvalue weighted by Gasteiger charge is 2.09. The van der Waals surface area contributed by atoms with Gasteiger partial charge in [0.2, 0.25) is 11.9 Å². The zero-order valence-electron chi connectivity index (χ0n) is 9.93. The summed E-state index contributed by atoms with van der Waals surface area (Å²) in [6.07, 6.45) is 3.35. The lowest BCUT2D eigenvalue weighted by atomic mass is 10.5. The van der Waals surface area contributed by atoms with Gasteiger partial charge >= 0.3 is 0 Å². The molecule has 3 heterocycles. The second kappa shape index (κ2) is 4.73. The molecule has 19 heavy (non-hydrogen) atoms. The van der Waals surface area contributed by atoms with E-state index in [0.29, 0.717) is 17.6 Å². The Hall–Kier alpha value is -2.96. The standard InChI is InChI=1S/C12H11N7/c13-11-17-12(16-9-5-1-3-7-14-9)18-19(11)10-6-2-4-8-15-10/h1-8H,(H3,13,14,16,17,18). The summed E-state index contributed by atoms with van der Waals surface area (Å²) in [5.74, 6) is 1.90. The predicted molar refractivity (Wildman–Crippen MR) is 71.1 cm³/mol. The van der Waals surface area contributed by atoms with Gasteiger partial charge in [0.05, 0.1) is 0 Å². The first kappa shape index (κ1) is 11.1. The van der Waals surface area contributed by atoms with E-state index in [2.05, 4.69) is 25.4 Å². The molecule has 0 atom stereocenters. The molecule has 0 amide bonds. The smallest absolute Gasteiger partial charge is 0.250 e. The largest absolute Gasteiger partial charge is 0.368 e. The summed E-state index contributed by atoms with van der Waals surface area (Å²) in [7, 11) is 0. The Morgan fingerprint density at radius 1 is 1.00 bits per heavy atom. The van der Waals surface area contributed by atoms with Crippen molar-refractivity contribution in [1.29, 1.82) is 0 Å². The number of pyridine rings is 2. The van der Waals surface area contributed by atoms with Gasteiger partial charge in [-0.25, -0.2) is 9.97 Å². The molecule has 0 aliphatic rings. The van der Waals surface area contributed by atoms with E-state index in [1.165, 1.54) is 4.68 Å². The highest BCUT2D eigenvalue weighted by molar-refractivity contribution is 5.49. The number of anilines is 3. The Morgan fingerprint density at radius 3 is 2.47 bits per heavy atom. The van der Waals surface area contributed by atoms with Gasteiger partial charge in [-0.2, -0.15) is 9.67 Å². The second-order valence-corrected chi connectivity index (χ2v) is 3.73. The van der Waals surface area contributed by atoms with Crippen LogP contribution < -0.4 is 11.1 Å². The predicted octanol–water partition coefficient (Wildman–Crippen LogP) is 1.38. The lowest BCUT2D eigenvalue weighted by molar-refractivity contribution is 0.859. The molecule has 0 aliphatic heterocycles. The number of nitrogen functional groups attached to an aromatic ring is 1. The van der Waals surface area contributed by atoms with E-state index >= 15 is 0 Å². The molecule has 3 aromatic heterocycles. The maximum absolute atomic E-state index is 5.82. The van der Waals surface area contributed by atoms with Crippen molar-refractivity contribution < 1.29 is 0 Å². The number of nitrogens with two attached hydrogens (primary N) is 1. The Morgan fingerprint density at radius 2 is 1.79 bits per heavy atom. The Bertz CT molecular complexity index is 663. The third-order valence-electron chi connectivity index (χ3n) is 2.40. The van der Waals surface area contributed by atoms with Gasteiger partial charge in [0.25, 0.3) is 0 Å². The number of aromatic nitrogens is 5. The minimum absolute atomic E-state index is 0.261. The average Bonchev–Trinajstić information content (AvgIpc) is 2.82. The Kier molecular flexibility index (Phi) is 2.77. The molecule has 94 valence electrons. The van der Waals surface area contributed by atoms with Crippen molar-refractivity contribution in [1.82, 2.24) is 24.7 Å². The first-order chi connectivity index (χ1) is 9.33. The number of rotatable bonds is 3. The minimum Gasteiger partial charge on any atom is -0.368 e. The fourth-order valence-corrected chi connectivity index (χ4v) is 1.58. The molecule has 0 saturated carbocycles. The van der Waals surface area contributed by atoms with Crippen LogP contribution in [0.15, 0.2) is 48.8 Å². The Balaban J connectivity index is 1.90. The maximum atomic E-state index is 5.82. The summed E-state index contributed by atoms with van der Waals surface area (Å²) in [5.41, 5.74) is 5.82. The van der Waals surface area contributed by atoms with Crippen LogP contribution in [0.4, 0.5) is 17.7 Å². The number of nitrogens with zero attached hydrogens (tertiary/aromatic N) is 5. The lowest BCUT2D eigenvalue weighted by Gasteiger charge is -2.00. The van der Waals surface area contributed by atoms with Crippen LogP contribution in [0.1, 0.15) is 0 Å². The van der Waals surface area contributed by atoms with Crippen molar-refractivity contribution in [2.45, 2.75) is 0 Å². The molecule has 7 nitrogen and oxygen atoms in total. The second-order valence-electron chi connectivity index (χ2n) is 3.73. The molecule has 3 rings (SSSR count). The molecule has 7 heteroatoms. The molecule has 3 aromatic rings. The van der Waals surface area contributed by atoms with E-state index < -0.39 is 0 Å². The topological polar surface area (TPSA) is 94.5 Å². The fourth-order valence-electron chi connectivity index (χ4n) is 1.58. The van der Waals surface area contributed by atoms with Crippen LogP contribution >= 0.6 is 0 Å². The summed E-state index contributed by atoms with van der Waals surface area (Å²) in [4.78, 5) is 12.4. The minimum atomic E-state index is 0.261. The number of nitrogens with one attached hydrogen (secondary N) is 1.